The van der Waals surface area contributed by atoms with Crippen molar-refractivity contribution in [2.45, 2.75) is 27.2 Å². The first-order valence-corrected chi connectivity index (χ1v) is 4.64. The molecule has 14 heavy (non-hydrogen) atoms. The van der Waals surface area contributed by atoms with Gasteiger partial charge in [0.15, 0.2) is 0 Å². The summed E-state index contributed by atoms with van der Waals surface area (Å²) >= 11 is 0. The van der Waals surface area contributed by atoms with Crippen LogP contribution >= 0.6 is 0 Å². The number of rotatable bonds is 5. The summed E-state index contributed by atoms with van der Waals surface area (Å²) < 4.78 is 4.95. The van der Waals surface area contributed by atoms with Gasteiger partial charge in [0.25, 0.3) is 0 Å². The van der Waals surface area contributed by atoms with Gasteiger partial charge in [-0.05, 0) is 33.9 Å². The first-order chi connectivity index (χ1) is 6.63. The standard InChI is InChI=1S/C12H19NO/c1-6-10(2)9-11(3)7-8-12(13-4)14-5/h6-8H,4,9H2,1-3,5H3/b10-6+,11-7+,12-8+. The Morgan fingerprint density at radius 3 is 2.36 bits per heavy atom. The molecular formula is C12H19NO. The highest BCUT2D eigenvalue weighted by molar-refractivity contribution is 5.29. The zero-order chi connectivity index (χ0) is 11.0. The lowest BCUT2D eigenvalue weighted by molar-refractivity contribution is 0.289. The molecule has 0 aromatic rings. The van der Waals surface area contributed by atoms with Crippen LogP contribution in [0.25, 0.3) is 0 Å². The van der Waals surface area contributed by atoms with Crippen molar-refractivity contribution in [1.29, 1.82) is 0 Å². The summed E-state index contributed by atoms with van der Waals surface area (Å²) in [5, 5.41) is 0. The summed E-state index contributed by atoms with van der Waals surface area (Å²) in [4.78, 5) is 3.71. The molecule has 0 N–H and O–H groups in total. The van der Waals surface area contributed by atoms with Crippen LogP contribution in [0.5, 0.6) is 0 Å². The Labute approximate surface area is 86.7 Å². The topological polar surface area (TPSA) is 21.6 Å². The third-order valence-corrected chi connectivity index (χ3v) is 1.93. The third kappa shape index (κ3) is 5.36. The zero-order valence-corrected chi connectivity index (χ0v) is 9.50. The van der Waals surface area contributed by atoms with Crippen LogP contribution < -0.4 is 0 Å². The largest absolute Gasteiger partial charge is 0.481 e. The second-order valence-electron chi connectivity index (χ2n) is 3.19. The van der Waals surface area contributed by atoms with Crippen molar-refractivity contribution in [3.05, 3.63) is 35.3 Å². The monoisotopic (exact) mass is 193 g/mol. The zero-order valence-electron chi connectivity index (χ0n) is 9.50. The Bertz CT molecular complexity index is 272. The lowest BCUT2D eigenvalue weighted by Crippen LogP contribution is -1.82. The highest BCUT2D eigenvalue weighted by atomic mass is 16.5. The fourth-order valence-corrected chi connectivity index (χ4v) is 1.000. The Hall–Kier alpha value is -1.31. The molecule has 0 aromatic heterocycles. The molecular weight excluding hydrogens is 174 g/mol. The lowest BCUT2D eigenvalue weighted by atomic mass is 10.1. The van der Waals surface area contributed by atoms with Gasteiger partial charge in [-0.25, -0.2) is 4.99 Å². The molecule has 0 rings (SSSR count). The summed E-state index contributed by atoms with van der Waals surface area (Å²) in [6, 6.07) is 0. The predicted octanol–water partition coefficient (Wildman–Crippen LogP) is 3.48. The van der Waals surface area contributed by atoms with Gasteiger partial charge in [0.1, 0.15) is 0 Å². The van der Waals surface area contributed by atoms with Crippen molar-refractivity contribution in [3.63, 3.8) is 0 Å². The number of aliphatic imine (C=N–C) groups is 1. The van der Waals surface area contributed by atoms with E-state index in [1.165, 1.54) is 11.1 Å². The number of methoxy groups -OCH3 is 1. The van der Waals surface area contributed by atoms with E-state index in [4.69, 9.17) is 4.74 Å². The average molecular weight is 193 g/mol. The molecule has 0 aliphatic rings. The smallest absolute Gasteiger partial charge is 0.212 e. The van der Waals surface area contributed by atoms with Crippen LogP contribution in [-0.2, 0) is 4.74 Å². The summed E-state index contributed by atoms with van der Waals surface area (Å²) in [6.45, 7) is 9.65. The highest BCUT2D eigenvalue weighted by Gasteiger charge is 1.91. The van der Waals surface area contributed by atoms with E-state index in [2.05, 4.69) is 31.6 Å². The van der Waals surface area contributed by atoms with Gasteiger partial charge in [0, 0.05) is 6.08 Å². The summed E-state index contributed by atoms with van der Waals surface area (Å²) in [5.74, 6) is 0.544. The van der Waals surface area contributed by atoms with Gasteiger partial charge in [-0.15, -0.1) is 0 Å². The van der Waals surface area contributed by atoms with Crippen LogP contribution in [-0.4, -0.2) is 13.8 Å². The number of nitrogens with zero attached hydrogens (tertiary/aromatic N) is 1. The van der Waals surface area contributed by atoms with E-state index in [9.17, 15) is 0 Å². The lowest BCUT2D eigenvalue weighted by Gasteiger charge is -2.00. The van der Waals surface area contributed by atoms with Gasteiger partial charge in [-0.1, -0.05) is 23.3 Å². The van der Waals surface area contributed by atoms with E-state index >= 15 is 0 Å². The van der Waals surface area contributed by atoms with Crippen LogP contribution in [0.3, 0.4) is 0 Å². The highest BCUT2D eigenvalue weighted by Crippen LogP contribution is 2.10. The maximum atomic E-state index is 4.95. The van der Waals surface area contributed by atoms with Crippen molar-refractivity contribution in [2.75, 3.05) is 7.11 Å². The van der Waals surface area contributed by atoms with Crippen LogP contribution in [0, 0.1) is 0 Å². The maximum absolute atomic E-state index is 4.95. The van der Waals surface area contributed by atoms with E-state index in [1.54, 1.807) is 7.11 Å². The average Bonchev–Trinajstić information content (AvgIpc) is 2.19. The molecule has 0 radical (unpaired) electrons. The second-order valence-corrected chi connectivity index (χ2v) is 3.19. The summed E-state index contributed by atoms with van der Waals surface area (Å²) in [7, 11) is 1.58. The number of ether oxygens (including phenoxy) is 1. The minimum atomic E-state index is 0.544. The molecule has 0 aromatic carbocycles. The van der Waals surface area contributed by atoms with Crippen LogP contribution in [0.1, 0.15) is 27.2 Å². The molecule has 78 valence electrons. The van der Waals surface area contributed by atoms with E-state index < -0.39 is 0 Å². The molecule has 0 heterocycles. The summed E-state index contributed by atoms with van der Waals surface area (Å²) in [6.07, 6.45) is 6.93. The van der Waals surface area contributed by atoms with Gasteiger partial charge in [0.05, 0.1) is 7.11 Å². The number of allylic oxidation sites excluding steroid dienone is 5. The number of hydrogen-bond donors (Lipinski definition) is 0. The minimum absolute atomic E-state index is 0.544. The van der Waals surface area contributed by atoms with Crippen molar-refractivity contribution in [1.82, 2.24) is 0 Å². The van der Waals surface area contributed by atoms with E-state index in [0.29, 0.717) is 5.88 Å². The molecule has 0 aliphatic carbocycles. The molecule has 0 aliphatic heterocycles. The van der Waals surface area contributed by atoms with Crippen molar-refractivity contribution in [2.24, 2.45) is 4.99 Å². The van der Waals surface area contributed by atoms with E-state index in [1.807, 2.05) is 19.1 Å². The van der Waals surface area contributed by atoms with Gasteiger partial charge < -0.3 is 4.74 Å². The maximum Gasteiger partial charge on any atom is 0.212 e. The number of hydrogen-bond acceptors (Lipinski definition) is 2. The Morgan fingerprint density at radius 1 is 1.29 bits per heavy atom. The van der Waals surface area contributed by atoms with Gasteiger partial charge >= 0.3 is 0 Å². The Morgan fingerprint density at radius 2 is 1.93 bits per heavy atom. The second kappa shape index (κ2) is 7.13. The SMILES string of the molecule is C=N/C(=C\C=C(/C)C/C(C)=C/C)OC. The van der Waals surface area contributed by atoms with Gasteiger partial charge in [-0.3, -0.25) is 0 Å². The molecule has 0 bridgehead atoms. The van der Waals surface area contributed by atoms with Crippen LogP contribution in [0.4, 0.5) is 0 Å². The molecule has 0 unspecified atom stereocenters. The Balaban J connectivity index is 4.37. The molecule has 2 nitrogen and oxygen atoms in total. The fourth-order valence-electron chi connectivity index (χ4n) is 1.000. The van der Waals surface area contributed by atoms with Crippen molar-refractivity contribution < 1.29 is 4.74 Å². The van der Waals surface area contributed by atoms with Gasteiger partial charge in [0.2, 0.25) is 5.88 Å². The quantitative estimate of drug-likeness (QED) is 0.283. The van der Waals surface area contributed by atoms with E-state index in [0.717, 1.165) is 6.42 Å². The first kappa shape index (κ1) is 12.7. The first-order valence-electron chi connectivity index (χ1n) is 4.64. The van der Waals surface area contributed by atoms with Gasteiger partial charge in [-0.2, -0.15) is 0 Å². The van der Waals surface area contributed by atoms with E-state index in [-0.39, 0.29) is 0 Å². The molecule has 2 heteroatoms. The van der Waals surface area contributed by atoms with Crippen LogP contribution in [0.2, 0.25) is 0 Å². The fraction of sp³-hybridized carbons (Fsp3) is 0.417. The molecule has 0 saturated heterocycles. The molecule has 0 fully saturated rings. The van der Waals surface area contributed by atoms with Crippen LogP contribution in [0.15, 0.2) is 40.2 Å². The molecule has 0 saturated carbocycles. The molecule has 0 spiro atoms. The Kier molecular flexibility index (Phi) is 6.46. The summed E-state index contributed by atoms with van der Waals surface area (Å²) in [5.41, 5.74) is 2.64. The molecule has 0 atom stereocenters. The third-order valence-electron chi connectivity index (χ3n) is 1.93. The predicted molar refractivity (Wildman–Crippen MR) is 62.4 cm³/mol. The minimum Gasteiger partial charge on any atom is -0.481 e. The van der Waals surface area contributed by atoms with Crippen molar-refractivity contribution >= 4 is 6.72 Å². The van der Waals surface area contributed by atoms with Crippen molar-refractivity contribution in [3.8, 4) is 0 Å². The molecule has 0 amide bonds. The normalized spacial score (nSPS) is 14.1.